The molecule has 0 bridgehead atoms. The predicted molar refractivity (Wildman–Crippen MR) is 103 cm³/mol. The average Bonchev–Trinajstić information content (AvgIpc) is 2.68. The predicted octanol–water partition coefficient (Wildman–Crippen LogP) is 4.34. The Hall–Kier alpha value is -2.42. The largest absolute Gasteiger partial charge is 0.392 e. The molecule has 2 atom stereocenters. The second-order valence-corrected chi connectivity index (χ2v) is 6.52. The minimum Gasteiger partial charge on any atom is -0.392 e. The lowest BCUT2D eigenvalue weighted by Gasteiger charge is -2.40. The van der Waals surface area contributed by atoms with E-state index in [2.05, 4.69) is 78.1 Å². The number of benzene rings is 3. The molecule has 0 aliphatic carbocycles. The van der Waals surface area contributed by atoms with Crippen molar-refractivity contribution >= 4 is 0 Å². The van der Waals surface area contributed by atoms with Gasteiger partial charge in [0.05, 0.1) is 11.6 Å². The summed E-state index contributed by atoms with van der Waals surface area (Å²) in [5.41, 5.74) is 2.93. The van der Waals surface area contributed by atoms with Gasteiger partial charge in [0, 0.05) is 6.04 Å². The third-order valence-electron chi connectivity index (χ3n) is 4.79. The minimum absolute atomic E-state index is 0.0828. The maximum absolute atomic E-state index is 10.2. The Labute approximate surface area is 150 Å². The lowest BCUT2D eigenvalue weighted by atomic mass is 9.76. The smallest absolute Gasteiger partial charge is 0.0950 e. The molecular formula is C23H25NO. The normalized spacial score (nSPS) is 14.0. The maximum Gasteiger partial charge on any atom is 0.0950 e. The van der Waals surface area contributed by atoms with E-state index in [0.29, 0.717) is 0 Å². The Morgan fingerprint density at radius 3 is 1.24 bits per heavy atom. The fourth-order valence-corrected chi connectivity index (χ4v) is 3.28. The van der Waals surface area contributed by atoms with Gasteiger partial charge in [-0.25, -0.2) is 0 Å². The zero-order valence-corrected chi connectivity index (χ0v) is 14.8. The van der Waals surface area contributed by atoms with Crippen LogP contribution in [-0.2, 0) is 5.54 Å². The van der Waals surface area contributed by atoms with Crippen molar-refractivity contribution in [3.8, 4) is 0 Å². The molecule has 2 N–H and O–H groups in total. The van der Waals surface area contributed by atoms with Gasteiger partial charge in [-0.1, -0.05) is 91.0 Å². The van der Waals surface area contributed by atoms with Gasteiger partial charge in [-0.3, -0.25) is 5.32 Å². The van der Waals surface area contributed by atoms with Crippen molar-refractivity contribution < 1.29 is 5.11 Å². The summed E-state index contributed by atoms with van der Waals surface area (Å²) in [7, 11) is 0. The molecule has 0 aliphatic rings. The third kappa shape index (κ3) is 3.51. The van der Waals surface area contributed by atoms with Crippen LogP contribution < -0.4 is 5.32 Å². The highest BCUT2D eigenvalue weighted by atomic mass is 16.3. The number of hydrogen-bond acceptors (Lipinski definition) is 2. The van der Waals surface area contributed by atoms with Crippen LogP contribution in [0.5, 0.6) is 0 Å². The Morgan fingerprint density at radius 2 is 0.960 bits per heavy atom. The van der Waals surface area contributed by atoms with Gasteiger partial charge < -0.3 is 5.11 Å². The zero-order valence-electron chi connectivity index (χ0n) is 14.8. The van der Waals surface area contributed by atoms with Crippen LogP contribution >= 0.6 is 0 Å². The van der Waals surface area contributed by atoms with E-state index in [-0.39, 0.29) is 6.04 Å². The van der Waals surface area contributed by atoms with Crippen LogP contribution in [0.25, 0.3) is 0 Å². The second kappa shape index (κ2) is 7.64. The van der Waals surface area contributed by atoms with Crippen molar-refractivity contribution in [2.75, 3.05) is 0 Å². The number of nitrogens with one attached hydrogen (secondary N) is 1. The molecule has 2 nitrogen and oxygen atoms in total. The van der Waals surface area contributed by atoms with E-state index in [4.69, 9.17) is 0 Å². The molecular weight excluding hydrogens is 306 g/mol. The van der Waals surface area contributed by atoms with Gasteiger partial charge >= 0.3 is 0 Å². The number of aliphatic hydroxyl groups excluding tert-OH is 1. The number of hydrogen-bond donors (Lipinski definition) is 2. The fraction of sp³-hybridized carbons (Fsp3) is 0.217. The Kier molecular flexibility index (Phi) is 5.32. The van der Waals surface area contributed by atoms with E-state index in [9.17, 15) is 5.11 Å². The Morgan fingerprint density at radius 1 is 0.640 bits per heavy atom. The summed E-state index contributed by atoms with van der Waals surface area (Å²) in [5, 5.41) is 13.9. The van der Waals surface area contributed by atoms with Crippen molar-refractivity contribution in [2.45, 2.75) is 31.5 Å². The average molecular weight is 331 g/mol. The molecule has 2 unspecified atom stereocenters. The highest BCUT2D eigenvalue weighted by Crippen LogP contribution is 2.37. The molecule has 3 aromatic carbocycles. The quantitative estimate of drug-likeness (QED) is 0.659. The summed E-state index contributed by atoms with van der Waals surface area (Å²) in [5.74, 6) is 0. The number of rotatable bonds is 6. The summed E-state index contributed by atoms with van der Waals surface area (Å²) in [6.45, 7) is 3.84. The first-order valence-electron chi connectivity index (χ1n) is 8.77. The second-order valence-electron chi connectivity index (χ2n) is 6.52. The molecule has 3 rings (SSSR count). The molecule has 0 aliphatic heterocycles. The molecule has 0 fully saturated rings. The SMILES string of the molecule is CC(O)C(C)NC(c1ccccc1)(c1ccccc1)c1ccccc1. The van der Waals surface area contributed by atoms with Gasteiger partial charge in [-0.2, -0.15) is 0 Å². The number of aliphatic hydroxyl groups is 1. The molecule has 0 saturated heterocycles. The summed E-state index contributed by atoms with van der Waals surface area (Å²) < 4.78 is 0. The van der Waals surface area contributed by atoms with Crippen LogP contribution in [0.1, 0.15) is 30.5 Å². The first-order chi connectivity index (χ1) is 12.1. The van der Waals surface area contributed by atoms with Gasteiger partial charge in [-0.15, -0.1) is 0 Å². The van der Waals surface area contributed by atoms with Gasteiger partial charge in [0.2, 0.25) is 0 Å². The van der Waals surface area contributed by atoms with Gasteiger partial charge in [0.15, 0.2) is 0 Å². The van der Waals surface area contributed by atoms with Crippen molar-refractivity contribution in [3.05, 3.63) is 108 Å². The topological polar surface area (TPSA) is 32.3 Å². The van der Waals surface area contributed by atoms with Gasteiger partial charge in [0.1, 0.15) is 0 Å². The summed E-state index contributed by atoms with van der Waals surface area (Å²) >= 11 is 0. The molecule has 0 radical (unpaired) electrons. The zero-order chi connectivity index (χ0) is 17.7. The van der Waals surface area contributed by atoms with Crippen molar-refractivity contribution in [3.63, 3.8) is 0 Å². The van der Waals surface area contributed by atoms with Crippen LogP contribution in [0.3, 0.4) is 0 Å². The minimum atomic E-state index is -0.528. The van der Waals surface area contributed by atoms with Crippen molar-refractivity contribution in [1.82, 2.24) is 5.32 Å². The van der Waals surface area contributed by atoms with Crippen LogP contribution in [-0.4, -0.2) is 17.3 Å². The van der Waals surface area contributed by atoms with Crippen LogP contribution in [0.4, 0.5) is 0 Å². The molecule has 0 aromatic heterocycles. The molecule has 3 aromatic rings. The van der Waals surface area contributed by atoms with Gasteiger partial charge in [0.25, 0.3) is 0 Å². The van der Waals surface area contributed by atoms with Crippen molar-refractivity contribution in [1.29, 1.82) is 0 Å². The van der Waals surface area contributed by atoms with E-state index >= 15 is 0 Å². The van der Waals surface area contributed by atoms with E-state index in [1.165, 1.54) is 0 Å². The molecule has 0 heterocycles. The first-order valence-corrected chi connectivity index (χ1v) is 8.77. The Balaban J connectivity index is 2.27. The van der Waals surface area contributed by atoms with E-state index < -0.39 is 11.6 Å². The molecule has 0 saturated carbocycles. The molecule has 2 heteroatoms. The molecule has 0 amide bonds. The van der Waals surface area contributed by atoms with E-state index in [0.717, 1.165) is 16.7 Å². The molecule has 128 valence electrons. The summed E-state index contributed by atoms with van der Waals surface area (Å²) in [4.78, 5) is 0. The monoisotopic (exact) mass is 331 g/mol. The van der Waals surface area contributed by atoms with Crippen molar-refractivity contribution in [2.24, 2.45) is 0 Å². The summed E-state index contributed by atoms with van der Waals surface area (Å²) in [6, 6.07) is 31.2. The van der Waals surface area contributed by atoms with Gasteiger partial charge in [-0.05, 0) is 30.5 Å². The molecule has 0 spiro atoms. The van der Waals surface area contributed by atoms with Crippen LogP contribution in [0.2, 0.25) is 0 Å². The first kappa shape index (κ1) is 17.4. The lowest BCUT2D eigenvalue weighted by molar-refractivity contribution is 0.140. The standard InChI is InChI=1S/C23H25NO/c1-18(19(2)25)24-23(20-12-6-3-7-13-20,21-14-8-4-9-15-21)22-16-10-5-11-17-22/h3-19,24-25H,1-2H3. The highest BCUT2D eigenvalue weighted by molar-refractivity contribution is 5.49. The van der Waals surface area contributed by atoms with Crippen LogP contribution in [0.15, 0.2) is 91.0 Å². The lowest BCUT2D eigenvalue weighted by Crippen LogP contribution is -2.52. The highest BCUT2D eigenvalue weighted by Gasteiger charge is 2.37. The Bertz CT molecular complexity index is 672. The third-order valence-corrected chi connectivity index (χ3v) is 4.79. The van der Waals surface area contributed by atoms with E-state index in [1.807, 2.05) is 32.0 Å². The maximum atomic E-state index is 10.2. The molecule has 25 heavy (non-hydrogen) atoms. The van der Waals surface area contributed by atoms with Crippen LogP contribution in [0, 0.1) is 0 Å². The summed E-state index contributed by atoms with van der Waals surface area (Å²) in [6.07, 6.45) is -0.462. The fourth-order valence-electron chi connectivity index (χ4n) is 3.28. The van der Waals surface area contributed by atoms with E-state index in [1.54, 1.807) is 0 Å².